The fourth-order valence-electron chi connectivity index (χ4n) is 3.07. The van der Waals surface area contributed by atoms with Crippen LogP contribution in [0.15, 0.2) is 24.3 Å². The first kappa shape index (κ1) is 17.8. The summed E-state index contributed by atoms with van der Waals surface area (Å²) in [5.41, 5.74) is 1.39. The van der Waals surface area contributed by atoms with Gasteiger partial charge in [0, 0.05) is 6.54 Å². The lowest BCUT2D eigenvalue weighted by molar-refractivity contribution is -0.127. The summed E-state index contributed by atoms with van der Waals surface area (Å²) < 4.78 is 5.77. The number of ether oxygens (including phenoxy) is 1. The van der Waals surface area contributed by atoms with Crippen LogP contribution in [0, 0.1) is 5.92 Å². The number of amides is 1. The largest absolute Gasteiger partial charge is 0.481 e. The van der Waals surface area contributed by atoms with Gasteiger partial charge in [-0.05, 0) is 48.8 Å². The lowest BCUT2D eigenvalue weighted by atomic mass is 9.87. The number of carbonyl (C=O) groups excluding carboxylic acids is 1. The Bertz CT molecular complexity index is 495. The average molecular weight is 317 g/mol. The van der Waals surface area contributed by atoms with Gasteiger partial charge >= 0.3 is 0 Å². The molecule has 1 aliphatic carbocycles. The molecule has 1 fully saturated rings. The molecule has 3 heteroatoms. The molecule has 0 aliphatic heterocycles. The van der Waals surface area contributed by atoms with E-state index in [0.29, 0.717) is 5.92 Å². The van der Waals surface area contributed by atoms with E-state index in [1.165, 1.54) is 37.7 Å². The SMILES string of the molecule is CC(Oc1ccc(C(C)(C)C)cc1)C(=O)NCC1CCCCC1. The van der Waals surface area contributed by atoms with E-state index < -0.39 is 6.10 Å². The van der Waals surface area contributed by atoms with Crippen molar-refractivity contribution in [2.75, 3.05) is 6.54 Å². The predicted molar refractivity (Wildman–Crippen MR) is 94.8 cm³/mol. The second kappa shape index (κ2) is 7.85. The third-order valence-electron chi connectivity index (χ3n) is 4.69. The molecule has 1 N–H and O–H groups in total. The first-order valence-corrected chi connectivity index (χ1v) is 8.91. The van der Waals surface area contributed by atoms with Crippen molar-refractivity contribution in [2.24, 2.45) is 5.92 Å². The molecule has 23 heavy (non-hydrogen) atoms. The zero-order chi connectivity index (χ0) is 16.9. The van der Waals surface area contributed by atoms with Gasteiger partial charge in [0.2, 0.25) is 0 Å². The second-order valence-corrected chi connectivity index (χ2v) is 7.78. The van der Waals surface area contributed by atoms with E-state index in [1.807, 2.05) is 19.1 Å². The molecule has 2 rings (SSSR count). The Labute approximate surface area is 140 Å². The van der Waals surface area contributed by atoms with Crippen molar-refractivity contribution >= 4 is 5.91 Å². The summed E-state index contributed by atoms with van der Waals surface area (Å²) in [5, 5.41) is 3.04. The molecular weight excluding hydrogens is 286 g/mol. The van der Waals surface area contributed by atoms with Crippen molar-refractivity contribution < 1.29 is 9.53 Å². The predicted octanol–water partition coefficient (Wildman–Crippen LogP) is 4.45. The molecule has 1 amide bonds. The molecule has 0 saturated heterocycles. The van der Waals surface area contributed by atoms with Crippen LogP contribution >= 0.6 is 0 Å². The quantitative estimate of drug-likeness (QED) is 0.871. The maximum atomic E-state index is 12.2. The van der Waals surface area contributed by atoms with Gasteiger partial charge in [-0.15, -0.1) is 0 Å². The molecule has 128 valence electrons. The van der Waals surface area contributed by atoms with Gasteiger partial charge in [0.05, 0.1) is 0 Å². The van der Waals surface area contributed by atoms with Crippen LogP contribution in [0.2, 0.25) is 0 Å². The summed E-state index contributed by atoms with van der Waals surface area (Å²) in [7, 11) is 0. The van der Waals surface area contributed by atoms with Crippen molar-refractivity contribution in [1.29, 1.82) is 0 Å². The summed E-state index contributed by atoms with van der Waals surface area (Å²) in [6.45, 7) is 9.15. The van der Waals surface area contributed by atoms with Crippen molar-refractivity contribution in [3.8, 4) is 5.75 Å². The number of hydrogen-bond donors (Lipinski definition) is 1. The van der Waals surface area contributed by atoms with E-state index in [-0.39, 0.29) is 11.3 Å². The topological polar surface area (TPSA) is 38.3 Å². The molecule has 1 aliphatic rings. The van der Waals surface area contributed by atoms with Gasteiger partial charge in [0.15, 0.2) is 6.10 Å². The summed E-state index contributed by atoms with van der Waals surface area (Å²) in [6, 6.07) is 8.04. The molecule has 3 nitrogen and oxygen atoms in total. The molecule has 0 spiro atoms. The monoisotopic (exact) mass is 317 g/mol. The Kier molecular flexibility index (Phi) is 6.09. The highest BCUT2D eigenvalue weighted by atomic mass is 16.5. The minimum absolute atomic E-state index is 0.0181. The molecule has 1 aromatic rings. The zero-order valence-electron chi connectivity index (χ0n) is 15.0. The lowest BCUT2D eigenvalue weighted by Gasteiger charge is -2.23. The van der Waals surface area contributed by atoms with E-state index in [1.54, 1.807) is 0 Å². The summed E-state index contributed by atoms with van der Waals surface area (Å²) in [4.78, 5) is 12.2. The standard InChI is InChI=1S/C20H31NO2/c1-15(19(22)21-14-16-8-6-5-7-9-16)23-18-12-10-17(11-13-18)20(2,3)4/h10-13,15-16H,5-9,14H2,1-4H3,(H,21,22). The molecule has 1 unspecified atom stereocenters. The maximum Gasteiger partial charge on any atom is 0.260 e. The van der Waals surface area contributed by atoms with Gasteiger partial charge < -0.3 is 10.1 Å². The first-order chi connectivity index (χ1) is 10.9. The van der Waals surface area contributed by atoms with Crippen LogP contribution in [-0.2, 0) is 10.2 Å². The Morgan fingerprint density at radius 1 is 1.17 bits per heavy atom. The Morgan fingerprint density at radius 2 is 1.78 bits per heavy atom. The van der Waals surface area contributed by atoms with Crippen molar-refractivity contribution in [2.45, 2.75) is 71.3 Å². The second-order valence-electron chi connectivity index (χ2n) is 7.78. The molecule has 0 aromatic heterocycles. The fraction of sp³-hybridized carbons (Fsp3) is 0.650. The molecule has 0 radical (unpaired) electrons. The molecule has 1 atom stereocenters. The Hall–Kier alpha value is -1.51. The van der Waals surface area contributed by atoms with Gasteiger partial charge in [0.1, 0.15) is 5.75 Å². The normalized spacial score (nSPS) is 17.6. The summed E-state index contributed by atoms with van der Waals surface area (Å²) in [6.07, 6.45) is 5.96. The lowest BCUT2D eigenvalue weighted by Crippen LogP contribution is -2.39. The summed E-state index contributed by atoms with van der Waals surface area (Å²) in [5.74, 6) is 1.37. The van der Waals surface area contributed by atoms with E-state index in [4.69, 9.17) is 4.74 Å². The Balaban J connectivity index is 1.80. The molecular formula is C20H31NO2. The van der Waals surface area contributed by atoms with Gasteiger partial charge in [-0.3, -0.25) is 4.79 Å². The van der Waals surface area contributed by atoms with Gasteiger partial charge in [0.25, 0.3) is 5.91 Å². The van der Waals surface area contributed by atoms with Crippen LogP contribution in [0.1, 0.15) is 65.4 Å². The third-order valence-corrected chi connectivity index (χ3v) is 4.69. The van der Waals surface area contributed by atoms with E-state index in [2.05, 4.69) is 38.2 Å². The molecule has 0 bridgehead atoms. The van der Waals surface area contributed by atoms with Gasteiger partial charge in [-0.25, -0.2) is 0 Å². The number of benzene rings is 1. The van der Waals surface area contributed by atoms with Crippen LogP contribution in [-0.4, -0.2) is 18.6 Å². The highest BCUT2D eigenvalue weighted by molar-refractivity contribution is 5.80. The first-order valence-electron chi connectivity index (χ1n) is 8.91. The fourth-order valence-corrected chi connectivity index (χ4v) is 3.07. The number of nitrogens with one attached hydrogen (secondary N) is 1. The molecule has 0 heterocycles. The molecule has 1 aromatic carbocycles. The van der Waals surface area contributed by atoms with Crippen LogP contribution in [0.25, 0.3) is 0 Å². The smallest absolute Gasteiger partial charge is 0.260 e. The summed E-state index contributed by atoms with van der Waals surface area (Å²) >= 11 is 0. The van der Waals surface area contributed by atoms with Crippen molar-refractivity contribution in [3.63, 3.8) is 0 Å². The van der Waals surface area contributed by atoms with E-state index >= 15 is 0 Å². The van der Waals surface area contributed by atoms with Crippen LogP contribution < -0.4 is 10.1 Å². The van der Waals surface area contributed by atoms with Crippen molar-refractivity contribution in [1.82, 2.24) is 5.32 Å². The van der Waals surface area contributed by atoms with Gasteiger partial charge in [-0.1, -0.05) is 52.2 Å². The van der Waals surface area contributed by atoms with Crippen LogP contribution in [0.3, 0.4) is 0 Å². The molecule has 1 saturated carbocycles. The third kappa shape index (κ3) is 5.56. The van der Waals surface area contributed by atoms with Crippen molar-refractivity contribution in [3.05, 3.63) is 29.8 Å². The zero-order valence-corrected chi connectivity index (χ0v) is 15.0. The highest BCUT2D eigenvalue weighted by Crippen LogP contribution is 2.25. The Morgan fingerprint density at radius 3 is 2.35 bits per heavy atom. The minimum atomic E-state index is -0.459. The number of carbonyl (C=O) groups is 1. The minimum Gasteiger partial charge on any atom is -0.481 e. The van der Waals surface area contributed by atoms with Crippen LogP contribution in [0.4, 0.5) is 0 Å². The van der Waals surface area contributed by atoms with Gasteiger partial charge in [-0.2, -0.15) is 0 Å². The van der Waals surface area contributed by atoms with E-state index in [9.17, 15) is 4.79 Å². The number of rotatable bonds is 5. The van der Waals surface area contributed by atoms with E-state index in [0.717, 1.165) is 12.3 Å². The average Bonchev–Trinajstić information content (AvgIpc) is 2.53. The highest BCUT2D eigenvalue weighted by Gasteiger charge is 2.19. The number of hydrogen-bond acceptors (Lipinski definition) is 2. The maximum absolute atomic E-state index is 12.2. The van der Waals surface area contributed by atoms with Crippen LogP contribution in [0.5, 0.6) is 5.75 Å².